The van der Waals surface area contributed by atoms with Crippen LogP contribution in [0, 0.1) is 23.7 Å². The van der Waals surface area contributed by atoms with Gasteiger partial charge in [0, 0.05) is 11.1 Å². The minimum Gasteiger partial charge on any atom is -0.381 e. The Kier molecular flexibility index (Phi) is 6.98. The Morgan fingerprint density at radius 3 is 2.41 bits per heavy atom. The Labute approximate surface area is 163 Å². The zero-order valence-corrected chi connectivity index (χ0v) is 14.9. The first kappa shape index (κ1) is 21.5. The molecule has 0 saturated heterocycles. The molecule has 2 amide bonds. The largest absolute Gasteiger partial charge is 0.381 e. The first-order valence-electron chi connectivity index (χ1n) is 7.99. The lowest BCUT2D eigenvalue weighted by Gasteiger charge is -2.30. The van der Waals surface area contributed by atoms with Crippen LogP contribution < -0.4 is 10.8 Å². The molecule has 1 aromatic carbocycles. The number of aromatic nitrogens is 3. The molecule has 29 heavy (non-hydrogen) atoms. The van der Waals surface area contributed by atoms with Gasteiger partial charge >= 0.3 is 0 Å². The van der Waals surface area contributed by atoms with Crippen molar-refractivity contribution in [1.29, 1.82) is 0 Å². The van der Waals surface area contributed by atoms with E-state index in [1.165, 1.54) is 30.5 Å². The van der Waals surface area contributed by atoms with E-state index >= 15 is 0 Å². The molecule has 1 heterocycles. The van der Waals surface area contributed by atoms with E-state index in [9.17, 15) is 23.5 Å². The molecule has 0 fully saturated rings. The summed E-state index contributed by atoms with van der Waals surface area (Å²) >= 11 is 0. The van der Waals surface area contributed by atoms with Crippen molar-refractivity contribution in [2.75, 3.05) is 0 Å². The minimum absolute atomic E-state index is 0.0186. The molecular formula is C18H15F2N5O4. The van der Waals surface area contributed by atoms with Gasteiger partial charge < -0.3 is 10.4 Å². The Balaban J connectivity index is 2.10. The number of rotatable bonds is 5. The quantitative estimate of drug-likeness (QED) is 0.267. The summed E-state index contributed by atoms with van der Waals surface area (Å²) in [4.78, 5) is 23.9. The van der Waals surface area contributed by atoms with Crippen molar-refractivity contribution in [3.05, 3.63) is 47.3 Å². The summed E-state index contributed by atoms with van der Waals surface area (Å²) in [5, 5.41) is 30.1. The molecule has 0 bridgehead atoms. The van der Waals surface area contributed by atoms with E-state index in [2.05, 4.69) is 39.1 Å². The van der Waals surface area contributed by atoms with Gasteiger partial charge in [-0.2, -0.15) is 0 Å². The fraction of sp³-hybridized carbons (Fsp3) is 0.222. The fourth-order valence-electron chi connectivity index (χ4n) is 2.05. The summed E-state index contributed by atoms with van der Waals surface area (Å²) < 4.78 is 26.0. The van der Waals surface area contributed by atoms with Gasteiger partial charge in [-0.1, -0.05) is 11.1 Å². The van der Waals surface area contributed by atoms with Crippen molar-refractivity contribution >= 4 is 11.8 Å². The average molecular weight is 403 g/mol. The molecule has 1 unspecified atom stereocenters. The van der Waals surface area contributed by atoms with Crippen LogP contribution in [0.25, 0.3) is 0 Å². The van der Waals surface area contributed by atoms with Gasteiger partial charge in [0.05, 0.1) is 6.20 Å². The monoisotopic (exact) mass is 403 g/mol. The summed E-state index contributed by atoms with van der Waals surface area (Å²) in [5.41, 5.74) is -0.808. The van der Waals surface area contributed by atoms with Gasteiger partial charge in [-0.3, -0.25) is 19.9 Å². The number of carbonyl (C=O) groups is 2. The minimum atomic E-state index is -3.36. The van der Waals surface area contributed by atoms with Crippen molar-refractivity contribution in [2.24, 2.45) is 0 Å². The van der Waals surface area contributed by atoms with E-state index in [-0.39, 0.29) is 5.56 Å². The Morgan fingerprint density at radius 2 is 1.86 bits per heavy atom. The predicted octanol–water partition coefficient (Wildman–Crippen LogP) is -0.172. The number of H-pyrrole nitrogens is 1. The predicted molar refractivity (Wildman–Crippen MR) is 94.4 cm³/mol. The Hall–Kier alpha value is -3.80. The second-order valence-electron chi connectivity index (χ2n) is 5.85. The van der Waals surface area contributed by atoms with E-state index in [4.69, 9.17) is 5.21 Å². The second-order valence-corrected chi connectivity index (χ2v) is 5.85. The number of halogens is 2. The summed E-state index contributed by atoms with van der Waals surface area (Å²) in [6.45, 7) is 0.663. The molecule has 0 aliphatic carbocycles. The molecule has 0 spiro atoms. The number of carbonyl (C=O) groups excluding carboxylic acids is 2. The number of aliphatic hydroxyl groups is 1. The maximum atomic E-state index is 13.0. The van der Waals surface area contributed by atoms with E-state index in [1.807, 2.05) is 5.32 Å². The number of hydrogen-bond donors (Lipinski definition) is 5. The molecule has 9 nitrogen and oxygen atoms in total. The number of hydroxylamine groups is 1. The lowest BCUT2D eigenvalue weighted by atomic mass is 9.95. The lowest BCUT2D eigenvalue weighted by Crippen LogP contribution is -2.61. The normalized spacial score (nSPS) is 13.2. The van der Waals surface area contributed by atoms with Gasteiger partial charge in [0.25, 0.3) is 18.2 Å². The molecule has 150 valence electrons. The average Bonchev–Trinajstić information content (AvgIpc) is 3.22. The third-order valence-corrected chi connectivity index (χ3v) is 3.70. The number of hydrogen-bond acceptors (Lipinski definition) is 6. The maximum Gasteiger partial charge on any atom is 0.269 e. The van der Waals surface area contributed by atoms with Crippen LogP contribution in [0.4, 0.5) is 8.78 Å². The van der Waals surface area contributed by atoms with Crippen molar-refractivity contribution in [3.8, 4) is 23.7 Å². The number of nitrogens with one attached hydrogen (secondary N) is 3. The van der Waals surface area contributed by atoms with Crippen LogP contribution in [0.1, 0.15) is 28.5 Å². The second kappa shape index (κ2) is 9.41. The van der Waals surface area contributed by atoms with E-state index in [0.29, 0.717) is 18.2 Å². The highest BCUT2D eigenvalue weighted by Gasteiger charge is 2.46. The molecule has 0 aliphatic heterocycles. The van der Waals surface area contributed by atoms with Crippen LogP contribution in [0.2, 0.25) is 0 Å². The van der Waals surface area contributed by atoms with Gasteiger partial charge in [-0.25, -0.2) is 14.3 Å². The van der Waals surface area contributed by atoms with Gasteiger partial charge in [0.2, 0.25) is 0 Å². The molecule has 0 aliphatic rings. The number of amides is 2. The summed E-state index contributed by atoms with van der Waals surface area (Å²) in [6.07, 6.45) is -1.86. The SMILES string of the molecule is CC(O)(C(F)F)[C@H](NC(=O)c1ccc(C#CC#Cc2c[nH]nn2)cc1)C(=O)NO. The first-order valence-corrected chi connectivity index (χ1v) is 7.99. The number of alkyl halides is 2. The van der Waals surface area contributed by atoms with Gasteiger partial charge in [0.1, 0.15) is 6.04 Å². The summed E-state index contributed by atoms with van der Waals surface area (Å²) in [6, 6.07) is 3.55. The van der Waals surface area contributed by atoms with Crippen LogP contribution in [-0.4, -0.2) is 55.6 Å². The highest BCUT2D eigenvalue weighted by molar-refractivity contribution is 5.97. The van der Waals surface area contributed by atoms with Gasteiger partial charge in [-0.05, 0) is 49.0 Å². The van der Waals surface area contributed by atoms with Crippen LogP contribution >= 0.6 is 0 Å². The van der Waals surface area contributed by atoms with E-state index in [0.717, 1.165) is 5.48 Å². The first-order chi connectivity index (χ1) is 13.8. The Morgan fingerprint density at radius 1 is 1.21 bits per heavy atom. The van der Waals surface area contributed by atoms with Gasteiger partial charge in [0.15, 0.2) is 11.3 Å². The molecule has 0 radical (unpaired) electrons. The maximum absolute atomic E-state index is 13.0. The number of nitrogens with zero attached hydrogens (tertiary/aromatic N) is 2. The van der Waals surface area contributed by atoms with Crippen LogP contribution in [0.3, 0.4) is 0 Å². The summed E-state index contributed by atoms with van der Waals surface area (Å²) in [5.74, 6) is 8.23. The van der Waals surface area contributed by atoms with Crippen molar-refractivity contribution in [3.63, 3.8) is 0 Å². The molecule has 2 aromatic rings. The van der Waals surface area contributed by atoms with Crippen LogP contribution in [0.5, 0.6) is 0 Å². The van der Waals surface area contributed by atoms with Crippen molar-refractivity contribution < 1.29 is 28.7 Å². The fourth-order valence-corrected chi connectivity index (χ4v) is 2.05. The Bertz CT molecular complexity index is 983. The molecule has 2 atom stereocenters. The highest BCUT2D eigenvalue weighted by atomic mass is 19.3. The number of aromatic amines is 1. The standard InChI is InChI=1S/C18H15F2N5O4/c1-18(28,17(19)20)14(16(27)24-29)22-15(26)12-8-6-11(7-9-12)4-2-3-5-13-10-21-25-23-13/h6-10,14,17,28-29H,1H3,(H,22,26)(H,24,27)(H,21,23,25)/t14-,18?/m1/s1. The molecule has 1 aromatic heterocycles. The smallest absolute Gasteiger partial charge is 0.269 e. The third-order valence-electron chi connectivity index (χ3n) is 3.70. The van der Waals surface area contributed by atoms with E-state index < -0.39 is 29.9 Å². The summed E-state index contributed by atoms with van der Waals surface area (Å²) in [7, 11) is 0. The lowest BCUT2D eigenvalue weighted by molar-refractivity contribution is -0.149. The van der Waals surface area contributed by atoms with Crippen molar-refractivity contribution in [2.45, 2.75) is 25.0 Å². The topological polar surface area (TPSA) is 140 Å². The van der Waals surface area contributed by atoms with Crippen LogP contribution in [-0.2, 0) is 4.79 Å². The molecular weight excluding hydrogens is 388 g/mol. The molecule has 2 rings (SSSR count). The molecule has 0 saturated carbocycles. The zero-order valence-electron chi connectivity index (χ0n) is 14.9. The molecule has 5 N–H and O–H groups in total. The number of benzene rings is 1. The van der Waals surface area contributed by atoms with E-state index in [1.54, 1.807) is 0 Å². The van der Waals surface area contributed by atoms with Gasteiger partial charge in [-0.15, -0.1) is 5.10 Å². The van der Waals surface area contributed by atoms with Crippen LogP contribution in [0.15, 0.2) is 30.5 Å². The zero-order chi connectivity index (χ0) is 21.4. The van der Waals surface area contributed by atoms with Crippen molar-refractivity contribution in [1.82, 2.24) is 26.2 Å². The molecule has 11 heteroatoms. The third kappa shape index (κ3) is 5.59. The highest BCUT2D eigenvalue weighted by Crippen LogP contribution is 2.20.